The third-order valence-electron chi connectivity index (χ3n) is 3.60. The van der Waals surface area contributed by atoms with E-state index in [-0.39, 0.29) is 18.0 Å². The standard InChI is InChI=1S/C15H23N3O/c1-11-4-6-13(7-5-11)15(12(2)16)18-9-3-8-17-14(19)10-18/h4-7,12,15H,3,8-10,16H2,1-2H3,(H,17,19). The zero-order chi connectivity index (χ0) is 13.8. The molecule has 1 aliphatic rings. The van der Waals surface area contributed by atoms with Gasteiger partial charge in [0, 0.05) is 19.1 Å². The summed E-state index contributed by atoms with van der Waals surface area (Å²) in [7, 11) is 0. The molecular weight excluding hydrogens is 238 g/mol. The van der Waals surface area contributed by atoms with Gasteiger partial charge in [0.25, 0.3) is 0 Å². The highest BCUT2D eigenvalue weighted by Crippen LogP contribution is 2.24. The first-order valence-electron chi connectivity index (χ1n) is 6.91. The summed E-state index contributed by atoms with van der Waals surface area (Å²) in [5, 5.41) is 2.91. The minimum atomic E-state index is -0.00592. The summed E-state index contributed by atoms with van der Waals surface area (Å²) < 4.78 is 0. The van der Waals surface area contributed by atoms with Gasteiger partial charge in [-0.25, -0.2) is 0 Å². The number of nitrogens with zero attached hydrogens (tertiary/aromatic N) is 1. The van der Waals surface area contributed by atoms with Crippen molar-refractivity contribution in [3.63, 3.8) is 0 Å². The number of aryl methyl sites for hydroxylation is 1. The number of nitrogens with two attached hydrogens (primary N) is 1. The van der Waals surface area contributed by atoms with Crippen molar-refractivity contribution in [3.05, 3.63) is 35.4 Å². The Kier molecular flexibility index (Phi) is 4.56. The average Bonchev–Trinajstić information content (AvgIpc) is 2.56. The van der Waals surface area contributed by atoms with Crippen LogP contribution >= 0.6 is 0 Å². The molecule has 1 heterocycles. The van der Waals surface area contributed by atoms with E-state index in [1.807, 2.05) is 6.92 Å². The van der Waals surface area contributed by atoms with Crippen LogP contribution in [0.5, 0.6) is 0 Å². The molecular formula is C15H23N3O. The third-order valence-corrected chi connectivity index (χ3v) is 3.60. The van der Waals surface area contributed by atoms with E-state index in [2.05, 4.69) is 41.4 Å². The maximum absolute atomic E-state index is 11.7. The van der Waals surface area contributed by atoms with Crippen molar-refractivity contribution in [2.24, 2.45) is 5.73 Å². The Labute approximate surface area is 115 Å². The molecule has 1 aromatic rings. The molecule has 2 rings (SSSR count). The van der Waals surface area contributed by atoms with E-state index >= 15 is 0 Å². The molecule has 2 atom stereocenters. The molecule has 1 amide bonds. The van der Waals surface area contributed by atoms with Crippen molar-refractivity contribution in [3.8, 4) is 0 Å². The van der Waals surface area contributed by atoms with Gasteiger partial charge >= 0.3 is 0 Å². The molecule has 0 saturated carbocycles. The monoisotopic (exact) mass is 261 g/mol. The molecule has 4 heteroatoms. The van der Waals surface area contributed by atoms with Gasteiger partial charge in [-0.15, -0.1) is 0 Å². The van der Waals surface area contributed by atoms with Crippen molar-refractivity contribution in [1.82, 2.24) is 10.2 Å². The predicted molar refractivity (Wildman–Crippen MR) is 76.8 cm³/mol. The van der Waals surface area contributed by atoms with Crippen molar-refractivity contribution in [1.29, 1.82) is 0 Å². The van der Waals surface area contributed by atoms with Crippen LogP contribution in [0.4, 0.5) is 0 Å². The lowest BCUT2D eigenvalue weighted by Crippen LogP contribution is -2.42. The first-order chi connectivity index (χ1) is 9.08. The molecule has 2 unspecified atom stereocenters. The van der Waals surface area contributed by atoms with Crippen molar-refractivity contribution >= 4 is 5.91 Å². The van der Waals surface area contributed by atoms with Crippen LogP contribution in [0.15, 0.2) is 24.3 Å². The van der Waals surface area contributed by atoms with Crippen LogP contribution in [0, 0.1) is 6.92 Å². The summed E-state index contributed by atoms with van der Waals surface area (Å²) in [4.78, 5) is 13.9. The quantitative estimate of drug-likeness (QED) is 0.859. The molecule has 1 aromatic carbocycles. The molecule has 0 bridgehead atoms. The molecule has 4 nitrogen and oxygen atoms in total. The van der Waals surface area contributed by atoms with E-state index < -0.39 is 0 Å². The second kappa shape index (κ2) is 6.17. The Morgan fingerprint density at radius 1 is 1.32 bits per heavy atom. The molecule has 19 heavy (non-hydrogen) atoms. The number of rotatable bonds is 3. The molecule has 0 aromatic heterocycles. The minimum absolute atomic E-state index is 0.00592. The number of nitrogens with one attached hydrogen (secondary N) is 1. The van der Waals surface area contributed by atoms with Crippen molar-refractivity contribution in [2.45, 2.75) is 32.4 Å². The van der Waals surface area contributed by atoms with Gasteiger partial charge in [-0.3, -0.25) is 9.69 Å². The second-order valence-corrected chi connectivity index (χ2v) is 5.39. The van der Waals surface area contributed by atoms with Gasteiger partial charge in [0.1, 0.15) is 0 Å². The number of benzene rings is 1. The summed E-state index contributed by atoms with van der Waals surface area (Å²) in [5.41, 5.74) is 8.59. The average molecular weight is 261 g/mol. The Morgan fingerprint density at radius 3 is 2.63 bits per heavy atom. The molecule has 0 aliphatic carbocycles. The SMILES string of the molecule is Cc1ccc(C(C(C)N)N2CCCNC(=O)C2)cc1. The van der Waals surface area contributed by atoms with Gasteiger partial charge in [0.15, 0.2) is 0 Å². The fourth-order valence-electron chi connectivity index (χ4n) is 2.68. The highest BCUT2D eigenvalue weighted by molar-refractivity contribution is 5.78. The first kappa shape index (κ1) is 14.0. The number of carbonyl (C=O) groups excluding carboxylic acids is 1. The van der Waals surface area contributed by atoms with E-state index in [0.29, 0.717) is 6.54 Å². The number of carbonyl (C=O) groups is 1. The van der Waals surface area contributed by atoms with Gasteiger partial charge < -0.3 is 11.1 Å². The van der Waals surface area contributed by atoms with E-state index in [4.69, 9.17) is 5.73 Å². The fraction of sp³-hybridized carbons (Fsp3) is 0.533. The molecule has 0 spiro atoms. The first-order valence-corrected chi connectivity index (χ1v) is 6.91. The van der Waals surface area contributed by atoms with Crippen LogP contribution in [-0.4, -0.2) is 36.5 Å². The van der Waals surface area contributed by atoms with Crippen LogP contribution in [0.1, 0.15) is 30.5 Å². The Hall–Kier alpha value is -1.39. The highest BCUT2D eigenvalue weighted by Gasteiger charge is 2.26. The Balaban J connectivity index is 2.23. The molecule has 0 radical (unpaired) electrons. The maximum Gasteiger partial charge on any atom is 0.234 e. The summed E-state index contributed by atoms with van der Waals surface area (Å²) in [6.07, 6.45) is 0.973. The van der Waals surface area contributed by atoms with Gasteiger partial charge in [0.2, 0.25) is 5.91 Å². The number of hydrogen-bond donors (Lipinski definition) is 2. The summed E-state index contributed by atoms with van der Waals surface area (Å²) >= 11 is 0. The Morgan fingerprint density at radius 2 is 2.00 bits per heavy atom. The largest absolute Gasteiger partial charge is 0.355 e. The topological polar surface area (TPSA) is 58.4 Å². The summed E-state index contributed by atoms with van der Waals surface area (Å²) in [6, 6.07) is 8.53. The molecule has 3 N–H and O–H groups in total. The van der Waals surface area contributed by atoms with E-state index in [0.717, 1.165) is 19.5 Å². The molecule has 1 saturated heterocycles. The molecule has 1 fully saturated rings. The zero-order valence-electron chi connectivity index (χ0n) is 11.7. The van der Waals surface area contributed by atoms with Crippen LogP contribution in [0.2, 0.25) is 0 Å². The smallest absolute Gasteiger partial charge is 0.234 e. The van der Waals surface area contributed by atoms with Crippen LogP contribution in [0.3, 0.4) is 0 Å². The lowest BCUT2D eigenvalue weighted by atomic mass is 9.98. The zero-order valence-corrected chi connectivity index (χ0v) is 11.7. The van der Waals surface area contributed by atoms with Gasteiger partial charge in [-0.2, -0.15) is 0 Å². The minimum Gasteiger partial charge on any atom is -0.355 e. The maximum atomic E-state index is 11.7. The summed E-state index contributed by atoms with van der Waals surface area (Å²) in [6.45, 7) is 6.17. The number of amides is 1. The Bertz CT molecular complexity index is 428. The highest BCUT2D eigenvalue weighted by atomic mass is 16.2. The van der Waals surface area contributed by atoms with Crippen LogP contribution in [0.25, 0.3) is 0 Å². The van der Waals surface area contributed by atoms with Gasteiger partial charge in [-0.05, 0) is 25.8 Å². The van der Waals surface area contributed by atoms with Gasteiger partial charge in [-0.1, -0.05) is 29.8 Å². The van der Waals surface area contributed by atoms with Crippen molar-refractivity contribution in [2.75, 3.05) is 19.6 Å². The van der Waals surface area contributed by atoms with E-state index in [1.165, 1.54) is 11.1 Å². The summed E-state index contributed by atoms with van der Waals surface area (Å²) in [5.74, 6) is 0.0928. The normalized spacial score (nSPS) is 20.5. The lowest BCUT2D eigenvalue weighted by Gasteiger charge is -2.33. The fourth-order valence-corrected chi connectivity index (χ4v) is 2.68. The molecule has 1 aliphatic heterocycles. The van der Waals surface area contributed by atoms with Gasteiger partial charge in [0.05, 0.1) is 12.6 Å². The second-order valence-electron chi connectivity index (χ2n) is 5.39. The predicted octanol–water partition coefficient (Wildman–Crippen LogP) is 1.21. The number of hydrogen-bond acceptors (Lipinski definition) is 3. The molecule has 104 valence electrons. The van der Waals surface area contributed by atoms with Crippen LogP contribution in [-0.2, 0) is 4.79 Å². The third kappa shape index (κ3) is 3.55. The lowest BCUT2D eigenvalue weighted by molar-refractivity contribution is -0.122. The van der Waals surface area contributed by atoms with E-state index in [9.17, 15) is 4.79 Å². The van der Waals surface area contributed by atoms with Crippen LogP contribution < -0.4 is 11.1 Å². The van der Waals surface area contributed by atoms with E-state index in [1.54, 1.807) is 0 Å². The van der Waals surface area contributed by atoms with Crippen molar-refractivity contribution < 1.29 is 4.79 Å².